The van der Waals surface area contributed by atoms with E-state index in [1.165, 1.54) is 25.7 Å². The van der Waals surface area contributed by atoms with Crippen molar-refractivity contribution in [1.29, 1.82) is 0 Å². The van der Waals surface area contributed by atoms with Crippen molar-refractivity contribution in [2.75, 3.05) is 13.2 Å². The minimum absolute atomic E-state index is 0.154. The molecule has 0 aromatic carbocycles. The van der Waals surface area contributed by atoms with Gasteiger partial charge in [-0.25, -0.2) is 4.79 Å². The average molecular weight is 857 g/mol. The van der Waals surface area contributed by atoms with Crippen LogP contribution in [-0.4, -0.2) is 88.4 Å². The van der Waals surface area contributed by atoms with Crippen LogP contribution in [0.15, 0.2) is 85.1 Å². The first-order valence-corrected chi connectivity index (χ1v) is 23.1. The van der Waals surface area contributed by atoms with Gasteiger partial charge in [0.2, 0.25) is 0 Å². The molecule has 1 fully saturated rings. The third-order valence-corrected chi connectivity index (χ3v) is 9.98. The molecule has 0 saturated carbocycles. The Morgan fingerprint density at radius 2 is 0.967 bits per heavy atom. The van der Waals surface area contributed by atoms with Gasteiger partial charge >= 0.3 is 17.9 Å². The van der Waals surface area contributed by atoms with Crippen LogP contribution in [0.2, 0.25) is 0 Å². The number of unbranched alkanes of at least 4 members (excludes halogenated alkanes) is 12. The number of carboxylic acid groups (broad SMARTS) is 1. The van der Waals surface area contributed by atoms with E-state index in [9.17, 15) is 34.8 Å². The fourth-order valence-electron chi connectivity index (χ4n) is 6.35. The maximum absolute atomic E-state index is 12.8. The Morgan fingerprint density at radius 1 is 0.525 bits per heavy atom. The van der Waals surface area contributed by atoms with E-state index in [1.807, 2.05) is 0 Å². The molecule has 1 aliphatic rings. The zero-order valence-electron chi connectivity index (χ0n) is 37.4. The summed E-state index contributed by atoms with van der Waals surface area (Å²) in [5.74, 6) is -2.52. The second kappa shape index (κ2) is 39.3. The quantitative estimate of drug-likeness (QED) is 0.0267. The van der Waals surface area contributed by atoms with Crippen molar-refractivity contribution >= 4 is 17.9 Å². The second-order valence-electron chi connectivity index (χ2n) is 15.5. The van der Waals surface area contributed by atoms with Crippen molar-refractivity contribution < 1.29 is 53.8 Å². The van der Waals surface area contributed by atoms with Gasteiger partial charge in [0.25, 0.3) is 0 Å². The van der Waals surface area contributed by atoms with E-state index in [2.05, 4.69) is 98.9 Å². The molecule has 1 saturated heterocycles. The van der Waals surface area contributed by atoms with Gasteiger partial charge < -0.3 is 39.4 Å². The number of aliphatic carboxylic acids is 1. The summed E-state index contributed by atoms with van der Waals surface area (Å²) in [6, 6.07) is 0. The molecular formula is C50H80O11. The van der Waals surface area contributed by atoms with Crippen LogP contribution < -0.4 is 0 Å². The van der Waals surface area contributed by atoms with Gasteiger partial charge in [-0.05, 0) is 89.9 Å². The first-order valence-electron chi connectivity index (χ1n) is 23.1. The molecule has 1 aliphatic heterocycles. The fraction of sp³-hybridized carbons (Fsp3) is 0.660. The molecule has 1 heterocycles. The number of carboxylic acids is 1. The summed E-state index contributed by atoms with van der Waals surface area (Å²) in [6.45, 7) is 3.63. The lowest BCUT2D eigenvalue weighted by Gasteiger charge is -2.38. The molecule has 6 atom stereocenters. The molecule has 0 aromatic heterocycles. The third-order valence-electron chi connectivity index (χ3n) is 9.98. The monoisotopic (exact) mass is 857 g/mol. The zero-order chi connectivity index (χ0) is 44.6. The molecule has 6 unspecified atom stereocenters. The minimum Gasteiger partial charge on any atom is -0.479 e. The van der Waals surface area contributed by atoms with Crippen molar-refractivity contribution in [3.8, 4) is 0 Å². The summed E-state index contributed by atoms with van der Waals surface area (Å²) >= 11 is 0. The molecule has 0 aromatic rings. The zero-order valence-corrected chi connectivity index (χ0v) is 37.4. The molecular weight excluding hydrogens is 777 g/mol. The van der Waals surface area contributed by atoms with Crippen LogP contribution in [-0.2, 0) is 33.3 Å². The predicted molar refractivity (Wildman–Crippen MR) is 243 cm³/mol. The van der Waals surface area contributed by atoms with Gasteiger partial charge in [-0.3, -0.25) is 9.59 Å². The highest BCUT2D eigenvalue weighted by atomic mass is 16.7. The number of aliphatic hydroxyl groups excluding tert-OH is 3. The van der Waals surface area contributed by atoms with E-state index in [1.54, 1.807) is 0 Å². The van der Waals surface area contributed by atoms with Crippen molar-refractivity contribution in [3.63, 3.8) is 0 Å². The molecule has 0 spiro atoms. The Morgan fingerprint density at radius 3 is 1.48 bits per heavy atom. The summed E-state index contributed by atoms with van der Waals surface area (Å²) in [7, 11) is 0. The summed E-state index contributed by atoms with van der Waals surface area (Å²) in [5.41, 5.74) is 0. The smallest absolute Gasteiger partial charge is 0.335 e. The molecule has 0 radical (unpaired) electrons. The lowest BCUT2D eigenvalue weighted by Crippen LogP contribution is -2.60. The topological polar surface area (TPSA) is 169 Å². The molecule has 0 aliphatic carbocycles. The molecule has 11 heteroatoms. The first-order chi connectivity index (χ1) is 29.7. The van der Waals surface area contributed by atoms with Crippen LogP contribution in [0, 0.1) is 0 Å². The van der Waals surface area contributed by atoms with Crippen molar-refractivity contribution in [1.82, 2.24) is 0 Å². The molecule has 0 amide bonds. The minimum atomic E-state index is -1.87. The average Bonchev–Trinajstić information content (AvgIpc) is 3.24. The number of carbonyl (C=O) groups is 3. The molecule has 1 rings (SSSR count). The van der Waals surface area contributed by atoms with Crippen molar-refractivity contribution in [2.45, 2.75) is 198 Å². The highest BCUT2D eigenvalue weighted by Crippen LogP contribution is 2.23. The van der Waals surface area contributed by atoms with Gasteiger partial charge in [-0.15, -0.1) is 0 Å². The van der Waals surface area contributed by atoms with Gasteiger partial charge in [0, 0.05) is 12.8 Å². The Kier molecular flexibility index (Phi) is 35.7. The van der Waals surface area contributed by atoms with Gasteiger partial charge in [0.05, 0.1) is 6.61 Å². The van der Waals surface area contributed by atoms with Crippen LogP contribution in [0.4, 0.5) is 0 Å². The van der Waals surface area contributed by atoms with Crippen molar-refractivity contribution in [2.24, 2.45) is 0 Å². The standard InChI is InChI=1S/C50H80O11/c1-3-5-7-9-11-13-15-17-19-21-22-23-25-26-28-30-32-34-36-38-43(51)58-40-42(41-59-50-47(55)45(53)46(54)48(61-50)49(56)57)60-44(52)39-37-35-33-31-29-27-24-20-18-16-14-12-10-8-6-4-2/h5,7,11,13-14,16-17,19-20,22-24,26,28,42,45-48,50,53-55H,3-4,6,8-10,12,15,18,21,25,27,29-41H2,1-2H3,(H,56,57)/b7-5-,13-11-,16-14-,19-17-,23-22-,24-20-,28-26-. The SMILES string of the molecule is CC/C=C\C/C=C\C/C=C\C/C=C\C/C=C\CCCCCC(=O)OCC(COC1OC(C(=O)O)C(O)C(O)C1O)OC(=O)CCCCCCC/C=C\C/C=C\CCCCCC. The maximum atomic E-state index is 12.8. The third kappa shape index (κ3) is 31.0. The lowest BCUT2D eigenvalue weighted by atomic mass is 9.99. The Hall–Kier alpha value is -3.61. The number of esters is 2. The van der Waals surface area contributed by atoms with E-state index >= 15 is 0 Å². The Bertz CT molecular complexity index is 1330. The number of aliphatic hydroxyl groups is 3. The van der Waals surface area contributed by atoms with E-state index in [4.69, 9.17) is 18.9 Å². The van der Waals surface area contributed by atoms with E-state index in [0.717, 1.165) is 96.3 Å². The van der Waals surface area contributed by atoms with Crippen LogP contribution in [0.5, 0.6) is 0 Å². The Balaban J connectivity index is 2.40. The number of hydrogen-bond acceptors (Lipinski definition) is 10. The van der Waals surface area contributed by atoms with Gasteiger partial charge in [0.1, 0.15) is 24.9 Å². The molecule has 0 bridgehead atoms. The number of carbonyl (C=O) groups excluding carboxylic acids is 2. The fourth-order valence-corrected chi connectivity index (χ4v) is 6.35. The number of ether oxygens (including phenoxy) is 4. The van der Waals surface area contributed by atoms with E-state index < -0.39 is 61.3 Å². The van der Waals surface area contributed by atoms with Crippen LogP contribution >= 0.6 is 0 Å². The highest BCUT2D eigenvalue weighted by Gasteiger charge is 2.47. The number of allylic oxidation sites excluding steroid dienone is 14. The van der Waals surface area contributed by atoms with Crippen molar-refractivity contribution in [3.05, 3.63) is 85.1 Å². The summed E-state index contributed by atoms with van der Waals surface area (Å²) < 4.78 is 21.7. The molecule has 346 valence electrons. The lowest BCUT2D eigenvalue weighted by molar-refractivity contribution is -0.298. The normalized spacial score (nSPS) is 20.4. The van der Waals surface area contributed by atoms with Gasteiger partial charge in [-0.1, -0.05) is 144 Å². The van der Waals surface area contributed by atoms with Gasteiger partial charge in [-0.2, -0.15) is 0 Å². The summed E-state index contributed by atoms with van der Waals surface area (Å²) in [5, 5.41) is 39.8. The second-order valence-corrected chi connectivity index (χ2v) is 15.5. The van der Waals surface area contributed by atoms with Crippen LogP contribution in [0.3, 0.4) is 0 Å². The maximum Gasteiger partial charge on any atom is 0.335 e. The number of hydrogen-bond donors (Lipinski definition) is 4. The summed E-state index contributed by atoms with van der Waals surface area (Å²) in [4.78, 5) is 36.9. The number of rotatable bonds is 37. The Labute approximate surface area is 367 Å². The van der Waals surface area contributed by atoms with E-state index in [-0.39, 0.29) is 19.4 Å². The van der Waals surface area contributed by atoms with Crippen LogP contribution in [0.1, 0.15) is 162 Å². The molecule has 61 heavy (non-hydrogen) atoms. The largest absolute Gasteiger partial charge is 0.479 e. The first kappa shape index (κ1) is 55.4. The van der Waals surface area contributed by atoms with E-state index in [0.29, 0.717) is 12.8 Å². The molecule has 4 N–H and O–H groups in total. The van der Waals surface area contributed by atoms with Crippen LogP contribution in [0.25, 0.3) is 0 Å². The predicted octanol–water partition coefficient (Wildman–Crippen LogP) is 10.3. The summed E-state index contributed by atoms with van der Waals surface area (Å²) in [6.07, 6.45) is 42.0. The van der Waals surface area contributed by atoms with Gasteiger partial charge in [0.15, 0.2) is 18.5 Å². The highest BCUT2D eigenvalue weighted by molar-refractivity contribution is 5.73. The molecule has 11 nitrogen and oxygen atoms in total.